The first-order chi connectivity index (χ1) is 11.7. The maximum absolute atomic E-state index is 14.8. The zero-order chi connectivity index (χ0) is 16.4. The molecule has 1 aliphatic heterocycles. The van der Waals surface area contributed by atoms with Gasteiger partial charge in [0.2, 0.25) is 0 Å². The van der Waals surface area contributed by atoms with Crippen LogP contribution in [0.1, 0.15) is 38.5 Å². The fraction of sp³-hybridized carbons (Fsp3) is 0.600. The topological polar surface area (TPSA) is 6.48 Å². The van der Waals surface area contributed by atoms with Gasteiger partial charge in [-0.1, -0.05) is 25.3 Å². The Morgan fingerprint density at radius 1 is 1.00 bits per heavy atom. The zero-order valence-corrected chi connectivity index (χ0v) is 15.2. The van der Waals surface area contributed by atoms with Gasteiger partial charge in [0.15, 0.2) is 0 Å². The summed E-state index contributed by atoms with van der Waals surface area (Å²) in [7, 11) is 0. The van der Waals surface area contributed by atoms with Crippen molar-refractivity contribution < 1.29 is 4.39 Å². The number of rotatable bonds is 4. The molecule has 130 valence electrons. The summed E-state index contributed by atoms with van der Waals surface area (Å²) in [5.41, 5.74) is 0.486. The van der Waals surface area contributed by atoms with Gasteiger partial charge in [0.25, 0.3) is 0 Å². The molecule has 2 nitrogen and oxygen atoms in total. The van der Waals surface area contributed by atoms with Crippen LogP contribution in [0.4, 0.5) is 10.1 Å². The second kappa shape index (κ2) is 7.01. The standard InChI is InChI=1S/C20H27FN2S/c21-20(8-2-1-3-9-20)10-11-22-12-14-23(15-13-22)18-5-4-6-19-17(18)7-16-24-19/h4-7,16H,1-3,8-15H2. The van der Waals surface area contributed by atoms with Crippen molar-refractivity contribution in [2.24, 2.45) is 0 Å². The number of thiophene rings is 1. The SMILES string of the molecule is FC1(CCN2CCN(c3cccc4sccc34)CC2)CCCCC1. The molecule has 1 aromatic heterocycles. The van der Waals surface area contributed by atoms with Crippen LogP contribution in [-0.2, 0) is 0 Å². The Morgan fingerprint density at radius 2 is 1.79 bits per heavy atom. The molecule has 2 heterocycles. The van der Waals surface area contributed by atoms with Crippen LogP contribution in [0.3, 0.4) is 0 Å². The highest BCUT2D eigenvalue weighted by atomic mass is 32.1. The highest BCUT2D eigenvalue weighted by Crippen LogP contribution is 2.35. The molecule has 24 heavy (non-hydrogen) atoms. The molecule has 0 bridgehead atoms. The van der Waals surface area contributed by atoms with Crippen molar-refractivity contribution in [3.63, 3.8) is 0 Å². The summed E-state index contributed by atoms with van der Waals surface area (Å²) in [6.45, 7) is 5.13. The van der Waals surface area contributed by atoms with Crippen LogP contribution in [-0.4, -0.2) is 43.3 Å². The van der Waals surface area contributed by atoms with E-state index in [-0.39, 0.29) is 0 Å². The van der Waals surface area contributed by atoms with Crippen LogP contribution in [0.5, 0.6) is 0 Å². The Kier molecular flexibility index (Phi) is 4.77. The smallest absolute Gasteiger partial charge is 0.112 e. The van der Waals surface area contributed by atoms with Crippen molar-refractivity contribution in [1.29, 1.82) is 0 Å². The molecule has 0 spiro atoms. The van der Waals surface area contributed by atoms with Crippen molar-refractivity contribution in [1.82, 2.24) is 4.90 Å². The third kappa shape index (κ3) is 3.45. The lowest BCUT2D eigenvalue weighted by Gasteiger charge is -2.38. The van der Waals surface area contributed by atoms with E-state index in [1.165, 1.54) is 22.2 Å². The Balaban J connectivity index is 1.33. The molecule has 0 amide bonds. The minimum atomic E-state index is -0.877. The summed E-state index contributed by atoms with van der Waals surface area (Å²) >= 11 is 1.81. The number of anilines is 1. The fourth-order valence-corrected chi connectivity index (χ4v) is 5.07. The maximum atomic E-state index is 14.8. The second-order valence-corrected chi connectivity index (χ2v) is 8.35. The Hall–Kier alpha value is -1.13. The molecule has 2 fully saturated rings. The minimum Gasteiger partial charge on any atom is -0.368 e. The molecular formula is C20H27FN2S. The number of piperazine rings is 1. The van der Waals surface area contributed by atoms with Gasteiger partial charge >= 0.3 is 0 Å². The number of nitrogens with zero attached hydrogens (tertiary/aromatic N) is 2. The normalized spacial score (nSPS) is 22.1. The molecule has 1 aromatic carbocycles. The first-order valence-corrected chi connectivity index (χ1v) is 10.2. The molecular weight excluding hydrogens is 319 g/mol. The van der Waals surface area contributed by atoms with E-state index >= 15 is 0 Å². The number of benzene rings is 1. The lowest BCUT2D eigenvalue weighted by atomic mass is 9.84. The lowest BCUT2D eigenvalue weighted by molar-refractivity contribution is 0.0786. The van der Waals surface area contributed by atoms with Crippen LogP contribution in [0, 0.1) is 0 Å². The molecule has 1 saturated heterocycles. The van der Waals surface area contributed by atoms with E-state index in [2.05, 4.69) is 39.4 Å². The molecule has 0 N–H and O–H groups in total. The van der Waals surface area contributed by atoms with Crippen LogP contribution in [0.15, 0.2) is 29.6 Å². The predicted octanol–water partition coefficient (Wildman–Crippen LogP) is 5.09. The monoisotopic (exact) mass is 346 g/mol. The largest absolute Gasteiger partial charge is 0.368 e. The van der Waals surface area contributed by atoms with Gasteiger partial charge in [-0.05, 0) is 42.8 Å². The van der Waals surface area contributed by atoms with E-state index in [1.54, 1.807) is 0 Å². The van der Waals surface area contributed by atoms with Gasteiger partial charge in [-0.15, -0.1) is 11.3 Å². The van der Waals surface area contributed by atoms with Gasteiger partial charge in [0.05, 0.1) is 0 Å². The van der Waals surface area contributed by atoms with Crippen LogP contribution < -0.4 is 4.90 Å². The highest BCUT2D eigenvalue weighted by molar-refractivity contribution is 7.17. The highest BCUT2D eigenvalue weighted by Gasteiger charge is 2.32. The molecule has 1 saturated carbocycles. The maximum Gasteiger partial charge on any atom is 0.112 e. The van der Waals surface area contributed by atoms with Crippen molar-refractivity contribution in [2.45, 2.75) is 44.2 Å². The van der Waals surface area contributed by atoms with Crippen LogP contribution in [0.25, 0.3) is 10.1 Å². The lowest BCUT2D eigenvalue weighted by Crippen LogP contribution is -2.47. The van der Waals surface area contributed by atoms with E-state index in [4.69, 9.17) is 0 Å². The number of alkyl halides is 1. The first kappa shape index (κ1) is 16.3. The van der Waals surface area contributed by atoms with Gasteiger partial charge in [0, 0.05) is 48.5 Å². The molecule has 0 unspecified atom stereocenters. The zero-order valence-electron chi connectivity index (χ0n) is 14.3. The minimum absolute atomic E-state index is 0.729. The van der Waals surface area contributed by atoms with Crippen molar-refractivity contribution >= 4 is 27.1 Å². The van der Waals surface area contributed by atoms with Gasteiger partial charge in [-0.3, -0.25) is 4.90 Å². The Morgan fingerprint density at radius 3 is 2.58 bits per heavy atom. The van der Waals surface area contributed by atoms with Gasteiger partial charge in [-0.2, -0.15) is 0 Å². The van der Waals surface area contributed by atoms with Gasteiger partial charge in [0.1, 0.15) is 5.67 Å². The van der Waals surface area contributed by atoms with Gasteiger partial charge < -0.3 is 4.90 Å². The number of hydrogen-bond acceptors (Lipinski definition) is 3. The molecule has 0 radical (unpaired) electrons. The molecule has 4 rings (SSSR count). The average Bonchev–Trinajstić information content (AvgIpc) is 3.10. The first-order valence-electron chi connectivity index (χ1n) is 9.36. The summed E-state index contributed by atoms with van der Waals surface area (Å²) in [6, 6.07) is 8.84. The summed E-state index contributed by atoms with van der Waals surface area (Å²) in [5, 5.41) is 3.55. The van der Waals surface area contributed by atoms with E-state index in [9.17, 15) is 4.39 Å². The molecule has 2 aromatic rings. The predicted molar refractivity (Wildman–Crippen MR) is 102 cm³/mol. The van der Waals surface area contributed by atoms with Gasteiger partial charge in [-0.25, -0.2) is 4.39 Å². The molecule has 2 aliphatic rings. The van der Waals surface area contributed by atoms with Crippen molar-refractivity contribution in [3.05, 3.63) is 29.6 Å². The van der Waals surface area contributed by atoms with E-state index < -0.39 is 5.67 Å². The third-order valence-electron chi connectivity index (χ3n) is 5.81. The Labute approximate surface area is 148 Å². The summed E-state index contributed by atoms with van der Waals surface area (Å²) in [5.74, 6) is 0. The quantitative estimate of drug-likeness (QED) is 0.761. The third-order valence-corrected chi connectivity index (χ3v) is 6.69. The van der Waals surface area contributed by atoms with Crippen molar-refractivity contribution in [2.75, 3.05) is 37.6 Å². The summed E-state index contributed by atoms with van der Waals surface area (Å²) in [6.07, 6.45) is 5.68. The molecule has 0 atom stereocenters. The average molecular weight is 347 g/mol. The van der Waals surface area contributed by atoms with Crippen LogP contribution in [0.2, 0.25) is 0 Å². The second-order valence-electron chi connectivity index (χ2n) is 7.40. The number of fused-ring (bicyclic) bond motifs is 1. The van der Waals surface area contributed by atoms with E-state index in [0.29, 0.717) is 0 Å². The molecule has 1 aliphatic carbocycles. The Bertz CT molecular complexity index is 669. The van der Waals surface area contributed by atoms with Crippen molar-refractivity contribution in [3.8, 4) is 0 Å². The van der Waals surface area contributed by atoms with E-state index in [1.807, 2.05) is 11.3 Å². The number of hydrogen-bond donors (Lipinski definition) is 0. The van der Waals surface area contributed by atoms with E-state index in [0.717, 1.165) is 64.8 Å². The van der Waals surface area contributed by atoms with Crippen LogP contribution >= 0.6 is 11.3 Å². The summed E-state index contributed by atoms with van der Waals surface area (Å²) < 4.78 is 16.1. The number of halogens is 1. The molecule has 4 heteroatoms. The fourth-order valence-electron chi connectivity index (χ4n) is 4.26. The summed E-state index contributed by atoms with van der Waals surface area (Å²) in [4.78, 5) is 4.96.